The molecule has 0 radical (unpaired) electrons. The molecular weight excluding hydrogens is 166 g/mol. The molecule has 0 heterocycles. The number of carbonyl (C=O) groups is 2. The molecule has 0 fully saturated rings. The van der Waals surface area contributed by atoms with Crippen LogP contribution in [0, 0.1) is 0 Å². The molecular formula is C4H13CaNO4. The van der Waals surface area contributed by atoms with E-state index in [-0.39, 0.29) is 43.9 Å². The summed E-state index contributed by atoms with van der Waals surface area (Å²) in [6, 6.07) is 0. The van der Waals surface area contributed by atoms with E-state index in [1.54, 1.807) is 0 Å². The SMILES string of the molecule is CC(=O)O.CC(=O)O.N.[CaH2]. The molecule has 0 aliphatic rings. The van der Waals surface area contributed by atoms with Gasteiger partial charge in [-0.05, 0) is 0 Å². The Morgan fingerprint density at radius 3 is 1.00 bits per heavy atom. The Hall–Kier alpha value is 0.160. The number of carboxylic acid groups (broad SMARTS) is 2. The van der Waals surface area contributed by atoms with Gasteiger partial charge in [-0.1, -0.05) is 0 Å². The molecule has 10 heavy (non-hydrogen) atoms. The molecule has 0 rings (SSSR count). The maximum atomic E-state index is 9.00. The first-order valence-corrected chi connectivity index (χ1v) is 1.86. The Kier molecular flexibility index (Phi) is 36.1. The average Bonchev–Trinajstić information content (AvgIpc) is 1.25. The van der Waals surface area contributed by atoms with Gasteiger partial charge >= 0.3 is 37.7 Å². The zero-order chi connectivity index (χ0) is 7.15. The van der Waals surface area contributed by atoms with Crippen molar-refractivity contribution in [1.29, 1.82) is 0 Å². The van der Waals surface area contributed by atoms with Crippen LogP contribution in [-0.4, -0.2) is 59.9 Å². The molecule has 0 spiro atoms. The molecule has 0 atom stereocenters. The molecule has 5 N–H and O–H groups in total. The monoisotopic (exact) mass is 179 g/mol. The van der Waals surface area contributed by atoms with E-state index in [2.05, 4.69) is 0 Å². The molecule has 0 aromatic carbocycles. The summed E-state index contributed by atoms with van der Waals surface area (Å²) in [5, 5.41) is 14.8. The molecule has 60 valence electrons. The van der Waals surface area contributed by atoms with Crippen molar-refractivity contribution in [1.82, 2.24) is 6.15 Å². The normalized spacial score (nSPS) is 5.00. The van der Waals surface area contributed by atoms with Gasteiger partial charge in [0.1, 0.15) is 0 Å². The third-order valence-corrected chi connectivity index (χ3v) is 0. The van der Waals surface area contributed by atoms with Crippen LogP contribution in [0.4, 0.5) is 0 Å². The van der Waals surface area contributed by atoms with E-state index >= 15 is 0 Å². The van der Waals surface area contributed by atoms with Crippen molar-refractivity contribution in [2.75, 3.05) is 0 Å². The van der Waals surface area contributed by atoms with Crippen LogP contribution in [0.2, 0.25) is 0 Å². The molecule has 0 aliphatic heterocycles. The second kappa shape index (κ2) is 16.1. The molecule has 0 bridgehead atoms. The molecule has 0 amide bonds. The van der Waals surface area contributed by atoms with Gasteiger partial charge in [-0.25, -0.2) is 0 Å². The first-order chi connectivity index (χ1) is 3.46. The fourth-order valence-electron chi connectivity index (χ4n) is 0. The Labute approximate surface area is 89.0 Å². The topological polar surface area (TPSA) is 110 Å². The van der Waals surface area contributed by atoms with Crippen molar-refractivity contribution in [3.05, 3.63) is 0 Å². The van der Waals surface area contributed by atoms with Crippen LogP contribution in [0.5, 0.6) is 0 Å². The van der Waals surface area contributed by atoms with E-state index < -0.39 is 11.9 Å². The van der Waals surface area contributed by atoms with Gasteiger partial charge in [0.15, 0.2) is 0 Å². The molecule has 5 nitrogen and oxygen atoms in total. The van der Waals surface area contributed by atoms with Gasteiger partial charge in [0.2, 0.25) is 0 Å². The second-order valence-electron chi connectivity index (χ2n) is 1.04. The van der Waals surface area contributed by atoms with Crippen molar-refractivity contribution < 1.29 is 19.8 Å². The Morgan fingerprint density at radius 2 is 1.00 bits per heavy atom. The van der Waals surface area contributed by atoms with Crippen molar-refractivity contribution >= 4 is 49.7 Å². The summed E-state index contributed by atoms with van der Waals surface area (Å²) in [5.41, 5.74) is 0. The van der Waals surface area contributed by atoms with E-state index in [0.29, 0.717) is 0 Å². The van der Waals surface area contributed by atoms with E-state index in [4.69, 9.17) is 19.8 Å². The van der Waals surface area contributed by atoms with Gasteiger partial charge in [-0.15, -0.1) is 0 Å². The molecule has 0 unspecified atom stereocenters. The summed E-state index contributed by atoms with van der Waals surface area (Å²) in [4.78, 5) is 18.0. The number of carboxylic acids is 2. The fourth-order valence-corrected chi connectivity index (χ4v) is 0. The molecule has 0 aromatic rings. The first kappa shape index (κ1) is 22.5. The number of rotatable bonds is 0. The minimum absolute atomic E-state index is 0. The molecule has 0 saturated heterocycles. The third kappa shape index (κ3) is 16400. The summed E-state index contributed by atoms with van der Waals surface area (Å²) in [6.07, 6.45) is 0. The number of hydrogen-bond acceptors (Lipinski definition) is 3. The summed E-state index contributed by atoms with van der Waals surface area (Å²) in [6.45, 7) is 2.17. The van der Waals surface area contributed by atoms with E-state index in [1.165, 1.54) is 0 Å². The number of hydrogen-bond donors (Lipinski definition) is 3. The summed E-state index contributed by atoms with van der Waals surface area (Å²) >= 11 is 0. The quantitative estimate of drug-likeness (QED) is 0.431. The van der Waals surface area contributed by atoms with Crippen LogP contribution < -0.4 is 6.15 Å². The van der Waals surface area contributed by atoms with Crippen LogP contribution in [0.25, 0.3) is 0 Å². The van der Waals surface area contributed by atoms with Crippen LogP contribution in [-0.2, 0) is 9.59 Å². The van der Waals surface area contributed by atoms with Gasteiger partial charge in [-0.2, -0.15) is 0 Å². The van der Waals surface area contributed by atoms with Crippen molar-refractivity contribution in [2.45, 2.75) is 13.8 Å². The molecule has 0 aliphatic carbocycles. The van der Waals surface area contributed by atoms with E-state index in [0.717, 1.165) is 13.8 Å². The molecule has 6 heteroatoms. The predicted octanol–water partition coefficient (Wildman–Crippen LogP) is -0.572. The standard InChI is InChI=1S/2C2H4O2.Ca.H3N.2H/c2*1-2(3)4;;;;/h2*1H3,(H,3,4);;1H3;;. The Balaban J connectivity index is -0.0000000300. The van der Waals surface area contributed by atoms with Gasteiger partial charge in [0.25, 0.3) is 11.9 Å². The van der Waals surface area contributed by atoms with Crippen LogP contribution >= 0.6 is 0 Å². The summed E-state index contributed by atoms with van der Waals surface area (Å²) < 4.78 is 0. The predicted molar refractivity (Wildman–Crippen MR) is 40.2 cm³/mol. The number of aliphatic carboxylic acids is 2. The van der Waals surface area contributed by atoms with Gasteiger partial charge in [0, 0.05) is 13.8 Å². The maximum absolute atomic E-state index is 9.00. The van der Waals surface area contributed by atoms with Crippen LogP contribution in [0.1, 0.15) is 13.8 Å². The fraction of sp³-hybridized carbons (Fsp3) is 0.500. The zero-order valence-corrected chi connectivity index (χ0v) is 5.42. The zero-order valence-electron chi connectivity index (χ0n) is 5.42. The van der Waals surface area contributed by atoms with E-state index in [1.807, 2.05) is 0 Å². The van der Waals surface area contributed by atoms with E-state index in [9.17, 15) is 0 Å². The van der Waals surface area contributed by atoms with Crippen molar-refractivity contribution in [2.24, 2.45) is 0 Å². The van der Waals surface area contributed by atoms with Gasteiger partial charge in [-0.3, -0.25) is 9.59 Å². The average molecular weight is 179 g/mol. The van der Waals surface area contributed by atoms with Gasteiger partial charge in [0.05, 0.1) is 0 Å². The first-order valence-electron chi connectivity index (χ1n) is 1.86. The molecule has 0 saturated carbocycles. The summed E-state index contributed by atoms with van der Waals surface area (Å²) in [7, 11) is 0. The van der Waals surface area contributed by atoms with Crippen LogP contribution in [0.15, 0.2) is 0 Å². The van der Waals surface area contributed by atoms with Crippen molar-refractivity contribution in [3.63, 3.8) is 0 Å². The van der Waals surface area contributed by atoms with Crippen LogP contribution in [0.3, 0.4) is 0 Å². The van der Waals surface area contributed by atoms with Gasteiger partial charge < -0.3 is 16.4 Å². The van der Waals surface area contributed by atoms with Crippen molar-refractivity contribution in [3.8, 4) is 0 Å². The Bertz CT molecular complexity index is 75.3. The second-order valence-corrected chi connectivity index (χ2v) is 1.04. The third-order valence-electron chi connectivity index (χ3n) is 0. The summed E-state index contributed by atoms with van der Waals surface area (Å²) in [5.74, 6) is -1.67. The minimum atomic E-state index is -0.833. The Morgan fingerprint density at radius 1 is 1.00 bits per heavy atom. The molecule has 0 aromatic heterocycles.